The molecule has 0 saturated heterocycles. The van der Waals surface area contributed by atoms with Gasteiger partial charge >= 0.3 is 6.92 Å². The Morgan fingerprint density at radius 2 is 1.82 bits per heavy atom. The average Bonchev–Trinajstić information content (AvgIpc) is 2.05. The molecule has 58 valence electrons. The average molecular weight is 150 g/mol. The van der Waals surface area contributed by atoms with Gasteiger partial charge in [-0.3, -0.25) is 0 Å². The van der Waals surface area contributed by atoms with Gasteiger partial charge in [-0.1, -0.05) is 19.0 Å². The maximum atomic E-state index is 5.50. The molecule has 0 bridgehead atoms. The molecule has 0 aromatic heterocycles. The number of hydrogen-bond donors (Lipinski definition) is 2. The number of nitrogens with two attached hydrogens (primary N) is 2. The number of benzene rings is 1. The zero-order valence-corrected chi connectivity index (χ0v) is 6.45. The van der Waals surface area contributed by atoms with Crippen LogP contribution in [0.4, 0.5) is 5.69 Å². The summed E-state index contributed by atoms with van der Waals surface area (Å²) in [5.74, 6) is 5.01. The molecule has 3 nitrogen and oxygen atoms in total. The van der Waals surface area contributed by atoms with Gasteiger partial charge < -0.3 is 10.5 Å². The van der Waals surface area contributed by atoms with Crippen LogP contribution in [0.1, 0.15) is 0 Å². The van der Waals surface area contributed by atoms with Crippen LogP contribution in [-0.4, -0.2) is 6.92 Å². The van der Waals surface area contributed by atoms with E-state index >= 15 is 0 Å². The molecule has 0 aliphatic carbocycles. The summed E-state index contributed by atoms with van der Waals surface area (Å²) in [6.45, 7) is 1.81. The lowest BCUT2D eigenvalue weighted by atomic mass is 9.64. The molecule has 0 fully saturated rings. The van der Waals surface area contributed by atoms with Crippen LogP contribution in [0.3, 0.4) is 0 Å². The fourth-order valence-electron chi connectivity index (χ4n) is 0.846. The van der Waals surface area contributed by atoms with Crippen molar-refractivity contribution in [1.29, 1.82) is 0 Å². The second-order valence-electron chi connectivity index (χ2n) is 2.44. The zero-order chi connectivity index (χ0) is 8.27. The van der Waals surface area contributed by atoms with Crippen molar-refractivity contribution in [3.8, 4) is 0 Å². The zero-order valence-electron chi connectivity index (χ0n) is 6.45. The summed E-state index contributed by atoms with van der Waals surface area (Å²) >= 11 is 0. The SMILES string of the molecule is CB(ON)c1ccc(N)cc1. The molecule has 1 rings (SSSR count). The highest BCUT2D eigenvalue weighted by molar-refractivity contribution is 6.65. The maximum Gasteiger partial charge on any atom is 0.350 e. The predicted octanol–water partition coefficient (Wildman–Crippen LogP) is -0.0126. The van der Waals surface area contributed by atoms with E-state index < -0.39 is 0 Å². The summed E-state index contributed by atoms with van der Waals surface area (Å²) in [7, 11) is 0. The number of hydrogen-bond acceptors (Lipinski definition) is 3. The Balaban J connectivity index is 2.81. The number of anilines is 1. The van der Waals surface area contributed by atoms with E-state index in [0.717, 1.165) is 11.2 Å². The van der Waals surface area contributed by atoms with Crippen molar-refractivity contribution >= 4 is 18.1 Å². The van der Waals surface area contributed by atoms with E-state index in [0.29, 0.717) is 0 Å². The molecule has 0 radical (unpaired) electrons. The Kier molecular flexibility index (Phi) is 2.51. The van der Waals surface area contributed by atoms with Crippen LogP contribution in [0.5, 0.6) is 0 Å². The molecule has 0 heterocycles. The Hall–Kier alpha value is -0.995. The minimum Gasteiger partial charge on any atom is -0.399 e. The van der Waals surface area contributed by atoms with Gasteiger partial charge in [-0.15, -0.1) is 0 Å². The third-order valence-corrected chi connectivity index (χ3v) is 1.61. The fourth-order valence-corrected chi connectivity index (χ4v) is 0.846. The first-order chi connectivity index (χ1) is 5.24. The number of rotatable bonds is 2. The van der Waals surface area contributed by atoms with Crippen molar-refractivity contribution in [2.24, 2.45) is 5.90 Å². The molecule has 0 aliphatic heterocycles. The van der Waals surface area contributed by atoms with Gasteiger partial charge in [-0.2, -0.15) is 0 Å². The summed E-state index contributed by atoms with van der Waals surface area (Å²) in [6.07, 6.45) is 0. The van der Waals surface area contributed by atoms with Crippen molar-refractivity contribution in [1.82, 2.24) is 0 Å². The minimum atomic E-state index is -0.0735. The maximum absolute atomic E-state index is 5.50. The first kappa shape index (κ1) is 8.10. The van der Waals surface area contributed by atoms with Gasteiger partial charge in [0.25, 0.3) is 0 Å². The van der Waals surface area contributed by atoms with E-state index in [2.05, 4.69) is 4.76 Å². The summed E-state index contributed by atoms with van der Waals surface area (Å²) in [6, 6.07) is 7.44. The molecule has 4 heteroatoms. The third kappa shape index (κ3) is 1.96. The van der Waals surface area contributed by atoms with Crippen LogP contribution in [0.25, 0.3) is 0 Å². The van der Waals surface area contributed by atoms with Gasteiger partial charge in [0.15, 0.2) is 0 Å². The molecule has 4 N–H and O–H groups in total. The third-order valence-electron chi connectivity index (χ3n) is 1.61. The lowest BCUT2D eigenvalue weighted by Crippen LogP contribution is -2.32. The molecule has 11 heavy (non-hydrogen) atoms. The molecule has 0 spiro atoms. The Morgan fingerprint density at radius 3 is 2.27 bits per heavy atom. The van der Waals surface area contributed by atoms with E-state index in [-0.39, 0.29) is 6.92 Å². The molecule has 0 atom stereocenters. The molecule has 0 aliphatic rings. The first-order valence-electron chi connectivity index (χ1n) is 3.45. The molecule has 0 unspecified atom stereocenters. The van der Waals surface area contributed by atoms with Gasteiger partial charge in [-0.05, 0) is 17.6 Å². The highest BCUT2D eigenvalue weighted by Gasteiger charge is 2.08. The molecule has 1 aromatic carbocycles. The minimum absolute atomic E-state index is 0.0735. The van der Waals surface area contributed by atoms with Crippen LogP contribution in [0.15, 0.2) is 24.3 Å². The highest BCUT2D eigenvalue weighted by Crippen LogP contribution is 1.97. The van der Waals surface area contributed by atoms with Crippen molar-refractivity contribution in [3.63, 3.8) is 0 Å². The Bertz CT molecular complexity index is 224. The van der Waals surface area contributed by atoms with E-state index in [9.17, 15) is 0 Å². The molecule has 0 saturated carbocycles. The summed E-state index contributed by atoms with van der Waals surface area (Å²) in [5.41, 5.74) is 7.27. The second kappa shape index (κ2) is 3.41. The fraction of sp³-hybridized carbons (Fsp3) is 0.143. The highest BCUT2D eigenvalue weighted by atomic mass is 16.6. The van der Waals surface area contributed by atoms with Gasteiger partial charge in [0.1, 0.15) is 0 Å². The van der Waals surface area contributed by atoms with Crippen LogP contribution < -0.4 is 17.1 Å². The largest absolute Gasteiger partial charge is 0.399 e. The van der Waals surface area contributed by atoms with E-state index in [1.54, 1.807) is 0 Å². The van der Waals surface area contributed by atoms with E-state index in [1.807, 2.05) is 31.1 Å². The number of nitrogen functional groups attached to an aromatic ring is 1. The van der Waals surface area contributed by atoms with Crippen LogP contribution in [0.2, 0.25) is 6.82 Å². The summed E-state index contributed by atoms with van der Waals surface area (Å²) < 4.78 is 4.64. The van der Waals surface area contributed by atoms with E-state index in [4.69, 9.17) is 11.6 Å². The lowest BCUT2D eigenvalue weighted by Gasteiger charge is -2.04. The quantitative estimate of drug-likeness (QED) is 0.354. The normalized spacial score (nSPS) is 9.64. The summed E-state index contributed by atoms with van der Waals surface area (Å²) in [4.78, 5) is 0. The Morgan fingerprint density at radius 1 is 1.27 bits per heavy atom. The van der Waals surface area contributed by atoms with Gasteiger partial charge in [0, 0.05) is 5.69 Å². The standard InChI is InChI=1S/C7H11BN2O/c1-8(11-10)6-2-4-7(9)5-3-6/h2-5H,9-10H2,1H3. The monoisotopic (exact) mass is 150 g/mol. The topological polar surface area (TPSA) is 61.3 Å². The van der Waals surface area contributed by atoms with Crippen LogP contribution in [0, 0.1) is 0 Å². The lowest BCUT2D eigenvalue weighted by molar-refractivity contribution is 0.349. The predicted molar refractivity (Wildman–Crippen MR) is 47.4 cm³/mol. The molecule has 0 amide bonds. The smallest absolute Gasteiger partial charge is 0.350 e. The molecule has 1 aromatic rings. The van der Waals surface area contributed by atoms with Crippen LogP contribution >= 0.6 is 0 Å². The Labute approximate surface area is 66.4 Å². The van der Waals surface area contributed by atoms with Crippen molar-refractivity contribution in [2.45, 2.75) is 6.82 Å². The van der Waals surface area contributed by atoms with Gasteiger partial charge in [0.05, 0.1) is 0 Å². The van der Waals surface area contributed by atoms with Crippen molar-refractivity contribution in [3.05, 3.63) is 24.3 Å². The van der Waals surface area contributed by atoms with Gasteiger partial charge in [-0.25, -0.2) is 5.90 Å². The summed E-state index contributed by atoms with van der Waals surface area (Å²) in [5, 5.41) is 0. The van der Waals surface area contributed by atoms with Crippen molar-refractivity contribution in [2.75, 3.05) is 5.73 Å². The molecular formula is C7H11BN2O. The first-order valence-corrected chi connectivity index (χ1v) is 3.45. The van der Waals surface area contributed by atoms with Gasteiger partial charge in [0.2, 0.25) is 0 Å². The van der Waals surface area contributed by atoms with E-state index in [1.165, 1.54) is 0 Å². The van der Waals surface area contributed by atoms with Crippen LogP contribution in [-0.2, 0) is 4.76 Å². The second-order valence-corrected chi connectivity index (χ2v) is 2.44. The van der Waals surface area contributed by atoms with Crippen molar-refractivity contribution < 1.29 is 4.76 Å². The molecular weight excluding hydrogens is 139 g/mol.